The molecule has 2 aromatic rings. The monoisotopic (exact) mass is 302 g/mol. The molecule has 0 radical (unpaired) electrons. The van der Waals surface area contributed by atoms with Crippen molar-refractivity contribution in [2.45, 2.75) is 31.6 Å². The van der Waals surface area contributed by atoms with E-state index in [0.29, 0.717) is 18.8 Å². The number of nitro groups is 1. The Morgan fingerprint density at radius 2 is 2.00 bits per heavy atom. The summed E-state index contributed by atoms with van der Waals surface area (Å²) in [6, 6.07) is 4.95. The Labute approximate surface area is 127 Å². The number of benzene rings is 1. The first kappa shape index (κ1) is 14.6. The van der Waals surface area contributed by atoms with Gasteiger partial charge < -0.3 is 9.67 Å². The highest BCUT2D eigenvalue weighted by Gasteiger charge is 2.28. The van der Waals surface area contributed by atoms with Crippen molar-refractivity contribution in [2.75, 3.05) is 0 Å². The minimum atomic E-state index is -0.702. The van der Waals surface area contributed by atoms with E-state index in [2.05, 4.69) is 0 Å². The van der Waals surface area contributed by atoms with Crippen LogP contribution in [0.5, 0.6) is 0 Å². The number of carboxylic acid groups (broad SMARTS) is 1. The van der Waals surface area contributed by atoms with Crippen LogP contribution in [0.2, 0.25) is 0 Å². The highest BCUT2D eigenvalue weighted by Crippen LogP contribution is 2.39. The minimum Gasteiger partial charge on any atom is -0.481 e. The van der Waals surface area contributed by atoms with Crippen LogP contribution in [0.1, 0.15) is 37.2 Å². The number of rotatable bonds is 3. The van der Waals surface area contributed by atoms with E-state index in [4.69, 9.17) is 5.11 Å². The van der Waals surface area contributed by atoms with E-state index in [1.165, 1.54) is 11.6 Å². The summed E-state index contributed by atoms with van der Waals surface area (Å²) in [5, 5.41) is 21.0. The van der Waals surface area contributed by atoms with Crippen LogP contribution < -0.4 is 0 Å². The third-order valence-corrected chi connectivity index (χ3v) is 4.73. The van der Waals surface area contributed by atoms with Crippen molar-refractivity contribution >= 4 is 22.6 Å². The van der Waals surface area contributed by atoms with Gasteiger partial charge in [0.2, 0.25) is 0 Å². The molecule has 0 spiro atoms. The molecule has 22 heavy (non-hydrogen) atoms. The molecule has 116 valence electrons. The van der Waals surface area contributed by atoms with Crippen molar-refractivity contribution in [3.05, 3.63) is 40.1 Å². The molecule has 0 atom stereocenters. The van der Waals surface area contributed by atoms with Gasteiger partial charge in [-0.1, -0.05) is 0 Å². The number of hydrogen-bond acceptors (Lipinski definition) is 3. The first-order valence-electron chi connectivity index (χ1n) is 7.43. The zero-order chi connectivity index (χ0) is 15.9. The summed E-state index contributed by atoms with van der Waals surface area (Å²) in [7, 11) is 1.89. The summed E-state index contributed by atoms with van der Waals surface area (Å²) in [5.41, 5.74) is 2.12. The smallest absolute Gasteiger partial charge is 0.306 e. The molecule has 0 bridgehead atoms. The number of aliphatic carboxylic acids is 1. The van der Waals surface area contributed by atoms with Gasteiger partial charge >= 0.3 is 5.97 Å². The fraction of sp³-hybridized carbons (Fsp3) is 0.438. The number of non-ortho nitro benzene ring substituents is 1. The second kappa shape index (κ2) is 5.44. The summed E-state index contributed by atoms with van der Waals surface area (Å²) in [5.74, 6) is -0.597. The molecule has 1 aromatic carbocycles. The maximum atomic E-state index is 11.0. The van der Waals surface area contributed by atoms with Gasteiger partial charge in [-0.05, 0) is 43.2 Å². The summed E-state index contributed by atoms with van der Waals surface area (Å²) < 4.78 is 1.92. The van der Waals surface area contributed by atoms with Crippen LogP contribution in [0.3, 0.4) is 0 Å². The molecule has 0 aliphatic heterocycles. The lowest BCUT2D eigenvalue weighted by Gasteiger charge is -2.25. The van der Waals surface area contributed by atoms with Gasteiger partial charge in [-0.3, -0.25) is 14.9 Å². The average molecular weight is 302 g/mol. The molecule has 1 aliphatic rings. The molecule has 3 rings (SSSR count). The van der Waals surface area contributed by atoms with Crippen LogP contribution in [0.15, 0.2) is 24.4 Å². The SMILES string of the molecule is Cn1cc(C2CCC(C(=O)O)CC2)c2ccc([N+](=O)[O-])cc21. The first-order valence-corrected chi connectivity index (χ1v) is 7.43. The molecule has 1 saturated carbocycles. The van der Waals surface area contributed by atoms with Crippen molar-refractivity contribution in [3.8, 4) is 0 Å². The fourth-order valence-electron chi connectivity index (χ4n) is 3.49. The Morgan fingerprint density at radius 1 is 1.32 bits per heavy atom. The van der Waals surface area contributed by atoms with E-state index in [0.717, 1.165) is 23.7 Å². The lowest BCUT2D eigenvalue weighted by atomic mass is 9.78. The highest BCUT2D eigenvalue weighted by molar-refractivity contribution is 5.86. The Bertz CT molecular complexity index is 742. The summed E-state index contributed by atoms with van der Waals surface area (Å²) in [4.78, 5) is 21.6. The van der Waals surface area contributed by atoms with Crippen LogP contribution in [0.4, 0.5) is 5.69 Å². The Morgan fingerprint density at radius 3 is 2.59 bits per heavy atom. The zero-order valence-electron chi connectivity index (χ0n) is 12.4. The van der Waals surface area contributed by atoms with Crippen LogP contribution in [0, 0.1) is 16.0 Å². The Kier molecular flexibility index (Phi) is 3.60. The number of carbonyl (C=O) groups is 1. The lowest BCUT2D eigenvalue weighted by molar-refractivity contribution is -0.384. The molecular weight excluding hydrogens is 284 g/mol. The van der Waals surface area contributed by atoms with Crippen molar-refractivity contribution in [1.82, 2.24) is 4.57 Å². The van der Waals surface area contributed by atoms with Crippen LogP contribution in [-0.4, -0.2) is 20.6 Å². The normalized spacial score (nSPS) is 21.9. The largest absolute Gasteiger partial charge is 0.481 e. The molecule has 6 heteroatoms. The summed E-state index contributed by atoms with van der Waals surface area (Å²) in [6.45, 7) is 0. The predicted molar refractivity (Wildman–Crippen MR) is 81.9 cm³/mol. The molecule has 0 amide bonds. The first-order chi connectivity index (χ1) is 10.5. The van der Waals surface area contributed by atoms with Gasteiger partial charge in [-0.15, -0.1) is 0 Å². The number of aryl methyl sites for hydroxylation is 1. The molecule has 1 fully saturated rings. The van der Waals surface area contributed by atoms with E-state index in [1.807, 2.05) is 23.9 Å². The molecular formula is C16H18N2O4. The lowest BCUT2D eigenvalue weighted by Crippen LogP contribution is -2.20. The topological polar surface area (TPSA) is 85.4 Å². The minimum absolute atomic E-state index is 0.0924. The Balaban J connectivity index is 1.92. The van der Waals surface area contributed by atoms with Gasteiger partial charge in [-0.2, -0.15) is 0 Å². The van der Waals surface area contributed by atoms with Crippen molar-refractivity contribution < 1.29 is 14.8 Å². The number of hydrogen-bond donors (Lipinski definition) is 1. The standard InChI is InChI=1S/C16H18N2O4/c1-17-9-14(10-2-4-11(5-3-10)16(19)20)13-7-6-12(18(21)22)8-15(13)17/h6-11H,2-5H2,1H3,(H,19,20). The maximum Gasteiger partial charge on any atom is 0.306 e. The van der Waals surface area contributed by atoms with Crippen molar-refractivity contribution in [3.63, 3.8) is 0 Å². The van der Waals surface area contributed by atoms with E-state index in [9.17, 15) is 14.9 Å². The number of fused-ring (bicyclic) bond motifs is 1. The molecule has 1 aliphatic carbocycles. The fourth-order valence-corrected chi connectivity index (χ4v) is 3.49. The number of aromatic nitrogens is 1. The number of nitro benzene ring substituents is 1. The third kappa shape index (κ3) is 2.45. The van der Waals surface area contributed by atoms with Crippen LogP contribution >= 0.6 is 0 Å². The molecule has 1 N–H and O–H groups in total. The zero-order valence-corrected chi connectivity index (χ0v) is 12.4. The van der Waals surface area contributed by atoms with Crippen molar-refractivity contribution in [2.24, 2.45) is 13.0 Å². The molecule has 1 heterocycles. The Hall–Kier alpha value is -2.37. The predicted octanol–water partition coefficient (Wildman–Crippen LogP) is 3.44. The average Bonchev–Trinajstić information content (AvgIpc) is 2.84. The second-order valence-electron chi connectivity index (χ2n) is 6.04. The number of carboxylic acids is 1. The highest BCUT2D eigenvalue weighted by atomic mass is 16.6. The summed E-state index contributed by atoms with van der Waals surface area (Å²) in [6.07, 6.45) is 5.13. The second-order valence-corrected chi connectivity index (χ2v) is 6.04. The third-order valence-electron chi connectivity index (χ3n) is 4.73. The molecule has 0 saturated heterocycles. The van der Waals surface area contributed by atoms with Crippen molar-refractivity contribution in [1.29, 1.82) is 0 Å². The van der Waals surface area contributed by atoms with Gasteiger partial charge in [0.25, 0.3) is 5.69 Å². The number of nitrogens with zero attached hydrogens (tertiary/aromatic N) is 2. The van der Waals surface area contributed by atoms with Gasteiger partial charge in [-0.25, -0.2) is 0 Å². The molecule has 6 nitrogen and oxygen atoms in total. The van der Waals surface area contributed by atoms with Gasteiger partial charge in [0.05, 0.1) is 16.4 Å². The van der Waals surface area contributed by atoms with Gasteiger partial charge in [0.15, 0.2) is 0 Å². The maximum absolute atomic E-state index is 11.0. The summed E-state index contributed by atoms with van der Waals surface area (Å²) >= 11 is 0. The van der Waals surface area contributed by atoms with Gasteiger partial charge in [0.1, 0.15) is 0 Å². The quantitative estimate of drug-likeness (QED) is 0.695. The van der Waals surface area contributed by atoms with E-state index in [-0.39, 0.29) is 16.5 Å². The van der Waals surface area contributed by atoms with E-state index in [1.54, 1.807) is 6.07 Å². The molecule has 0 unspecified atom stereocenters. The van der Waals surface area contributed by atoms with E-state index >= 15 is 0 Å². The van der Waals surface area contributed by atoms with Crippen LogP contribution in [-0.2, 0) is 11.8 Å². The van der Waals surface area contributed by atoms with Gasteiger partial charge in [0, 0.05) is 30.8 Å². The van der Waals surface area contributed by atoms with E-state index < -0.39 is 5.97 Å². The van der Waals surface area contributed by atoms with Crippen LogP contribution in [0.25, 0.3) is 10.9 Å². The molecule has 1 aromatic heterocycles.